The van der Waals surface area contributed by atoms with Gasteiger partial charge in [0, 0.05) is 6.07 Å². The highest BCUT2D eigenvalue weighted by atomic mass is 19.4. The lowest BCUT2D eigenvalue weighted by molar-refractivity contribution is -0.139. The van der Waals surface area contributed by atoms with Gasteiger partial charge in [-0.25, -0.2) is 9.89 Å². The van der Waals surface area contributed by atoms with Crippen LogP contribution in [0.15, 0.2) is 18.2 Å². The number of aromatic amines is 1. The number of H-pyrrole nitrogens is 1. The average molecular weight is 343 g/mol. The standard InChI is InChI=1S/C14H12F3N3O4/c15-14(16,17)9-4-3-8(5-10(9)23-6-7-1-2-7)24-12-11(13(21)22)18-20-19-12/h3-5,7H,1-2,6H2,(H,21,22)(H,18,19,20). The van der Waals surface area contributed by atoms with Gasteiger partial charge in [0.25, 0.3) is 5.88 Å². The Morgan fingerprint density at radius 1 is 1.38 bits per heavy atom. The van der Waals surface area contributed by atoms with Crippen LogP contribution >= 0.6 is 0 Å². The van der Waals surface area contributed by atoms with Crippen molar-refractivity contribution in [3.8, 4) is 17.4 Å². The molecule has 128 valence electrons. The van der Waals surface area contributed by atoms with Crippen LogP contribution < -0.4 is 9.47 Å². The Hall–Kier alpha value is -2.78. The Morgan fingerprint density at radius 2 is 2.12 bits per heavy atom. The number of nitrogens with zero attached hydrogens (tertiary/aromatic N) is 2. The van der Waals surface area contributed by atoms with Crippen molar-refractivity contribution < 1.29 is 32.5 Å². The Bertz CT molecular complexity index is 756. The van der Waals surface area contributed by atoms with Gasteiger partial charge in [0.05, 0.1) is 12.2 Å². The van der Waals surface area contributed by atoms with E-state index in [-0.39, 0.29) is 29.9 Å². The van der Waals surface area contributed by atoms with Crippen LogP contribution in [0.1, 0.15) is 28.9 Å². The summed E-state index contributed by atoms with van der Waals surface area (Å²) in [5.41, 5.74) is -1.33. The molecule has 7 nitrogen and oxygen atoms in total. The van der Waals surface area contributed by atoms with E-state index in [4.69, 9.17) is 14.6 Å². The average Bonchev–Trinajstić information content (AvgIpc) is 3.21. The van der Waals surface area contributed by atoms with Crippen molar-refractivity contribution in [3.63, 3.8) is 0 Å². The van der Waals surface area contributed by atoms with Crippen LogP contribution in [0.3, 0.4) is 0 Å². The lowest BCUT2D eigenvalue weighted by Crippen LogP contribution is -2.10. The first-order chi connectivity index (χ1) is 11.3. The van der Waals surface area contributed by atoms with Crippen molar-refractivity contribution in [1.82, 2.24) is 15.4 Å². The fraction of sp³-hybridized carbons (Fsp3) is 0.357. The minimum atomic E-state index is -4.57. The fourth-order valence-corrected chi connectivity index (χ4v) is 1.95. The fourth-order valence-electron chi connectivity index (χ4n) is 1.95. The van der Waals surface area contributed by atoms with Gasteiger partial charge in [-0.1, -0.05) is 10.3 Å². The molecule has 0 atom stereocenters. The molecule has 0 unspecified atom stereocenters. The molecule has 24 heavy (non-hydrogen) atoms. The predicted octanol–water partition coefficient (Wildman–Crippen LogP) is 3.10. The molecule has 10 heteroatoms. The molecule has 0 bridgehead atoms. The highest BCUT2D eigenvalue weighted by Crippen LogP contribution is 2.40. The van der Waals surface area contributed by atoms with E-state index in [1.807, 2.05) is 0 Å². The highest BCUT2D eigenvalue weighted by molar-refractivity contribution is 5.87. The molecule has 0 aliphatic heterocycles. The molecule has 3 rings (SSSR count). The summed E-state index contributed by atoms with van der Waals surface area (Å²) in [6.45, 7) is 0.191. The second-order valence-corrected chi connectivity index (χ2v) is 5.31. The number of aromatic nitrogens is 3. The Balaban J connectivity index is 1.86. The van der Waals surface area contributed by atoms with Crippen molar-refractivity contribution in [2.45, 2.75) is 19.0 Å². The van der Waals surface area contributed by atoms with Gasteiger partial charge in [0.15, 0.2) is 0 Å². The molecule has 0 spiro atoms. The van der Waals surface area contributed by atoms with Crippen molar-refractivity contribution in [1.29, 1.82) is 0 Å². The SMILES string of the molecule is O=C(O)c1[nH]nnc1Oc1ccc(C(F)(F)F)c(OCC2CC2)c1. The van der Waals surface area contributed by atoms with Gasteiger partial charge in [0.1, 0.15) is 11.5 Å². The van der Waals surface area contributed by atoms with Gasteiger partial charge < -0.3 is 14.6 Å². The quantitative estimate of drug-likeness (QED) is 0.836. The van der Waals surface area contributed by atoms with Crippen LogP contribution in [0.25, 0.3) is 0 Å². The molecule has 2 N–H and O–H groups in total. The van der Waals surface area contributed by atoms with E-state index in [9.17, 15) is 18.0 Å². The zero-order chi connectivity index (χ0) is 17.3. The highest BCUT2D eigenvalue weighted by Gasteiger charge is 2.35. The molecule has 1 aliphatic carbocycles. The smallest absolute Gasteiger partial charge is 0.419 e. The molecular formula is C14H12F3N3O4. The largest absolute Gasteiger partial charge is 0.493 e. The van der Waals surface area contributed by atoms with E-state index in [2.05, 4.69) is 15.4 Å². The number of carbonyl (C=O) groups is 1. The van der Waals surface area contributed by atoms with Crippen molar-refractivity contribution in [3.05, 3.63) is 29.5 Å². The van der Waals surface area contributed by atoms with Crippen molar-refractivity contribution in [2.75, 3.05) is 6.61 Å². The van der Waals surface area contributed by atoms with Gasteiger partial charge in [-0.05, 0) is 30.9 Å². The van der Waals surface area contributed by atoms with Crippen molar-refractivity contribution >= 4 is 5.97 Å². The minimum absolute atomic E-state index is 0.0369. The topological polar surface area (TPSA) is 97.3 Å². The molecular weight excluding hydrogens is 331 g/mol. The summed E-state index contributed by atoms with van der Waals surface area (Å²) < 4.78 is 49.6. The summed E-state index contributed by atoms with van der Waals surface area (Å²) >= 11 is 0. The third-order valence-electron chi connectivity index (χ3n) is 3.37. The maximum atomic E-state index is 13.0. The molecule has 0 amide bonds. The zero-order valence-corrected chi connectivity index (χ0v) is 12.1. The number of hydrogen-bond acceptors (Lipinski definition) is 5. The van der Waals surface area contributed by atoms with Gasteiger partial charge in [-0.15, -0.1) is 0 Å². The summed E-state index contributed by atoms with van der Waals surface area (Å²) in [7, 11) is 0. The number of ether oxygens (including phenoxy) is 2. The molecule has 2 aromatic rings. The van der Waals surface area contributed by atoms with Gasteiger partial charge in [-0.2, -0.15) is 13.2 Å². The van der Waals surface area contributed by atoms with Crippen LogP contribution in [0.4, 0.5) is 13.2 Å². The second kappa shape index (κ2) is 6.02. The van der Waals surface area contributed by atoms with Crippen LogP contribution in [-0.2, 0) is 6.18 Å². The number of carboxylic acid groups (broad SMARTS) is 1. The minimum Gasteiger partial charge on any atom is -0.493 e. The molecule has 1 saturated carbocycles. The zero-order valence-electron chi connectivity index (χ0n) is 12.1. The number of hydrogen-bond donors (Lipinski definition) is 2. The lowest BCUT2D eigenvalue weighted by atomic mass is 10.2. The molecule has 1 heterocycles. The molecule has 1 aromatic carbocycles. The number of rotatable bonds is 6. The normalized spacial score (nSPS) is 14.5. The molecule has 1 aromatic heterocycles. The first-order valence-corrected chi connectivity index (χ1v) is 7.01. The maximum absolute atomic E-state index is 13.0. The number of aromatic carboxylic acids is 1. The van der Waals surface area contributed by atoms with Crippen LogP contribution in [0, 0.1) is 5.92 Å². The predicted molar refractivity (Wildman–Crippen MR) is 73.1 cm³/mol. The van der Waals surface area contributed by atoms with E-state index in [0.29, 0.717) is 0 Å². The second-order valence-electron chi connectivity index (χ2n) is 5.31. The van der Waals surface area contributed by atoms with Crippen LogP contribution in [0.2, 0.25) is 0 Å². The molecule has 0 saturated heterocycles. The number of alkyl halides is 3. The number of benzene rings is 1. The van der Waals surface area contributed by atoms with E-state index >= 15 is 0 Å². The third kappa shape index (κ3) is 3.58. The molecule has 1 aliphatic rings. The van der Waals surface area contributed by atoms with E-state index < -0.39 is 23.4 Å². The first-order valence-electron chi connectivity index (χ1n) is 7.01. The Morgan fingerprint density at radius 3 is 2.75 bits per heavy atom. The van der Waals surface area contributed by atoms with Gasteiger partial charge in [-0.3, -0.25) is 0 Å². The van der Waals surface area contributed by atoms with Gasteiger partial charge >= 0.3 is 12.1 Å². The van der Waals surface area contributed by atoms with Crippen LogP contribution in [0.5, 0.6) is 17.4 Å². The van der Waals surface area contributed by atoms with E-state index in [1.54, 1.807) is 0 Å². The summed E-state index contributed by atoms with van der Waals surface area (Å²) in [6.07, 6.45) is -2.71. The Kier molecular flexibility index (Phi) is 4.04. The van der Waals surface area contributed by atoms with Crippen LogP contribution in [-0.4, -0.2) is 33.1 Å². The third-order valence-corrected chi connectivity index (χ3v) is 3.37. The molecule has 0 radical (unpaired) electrons. The van der Waals surface area contributed by atoms with E-state index in [1.165, 1.54) is 0 Å². The van der Waals surface area contributed by atoms with E-state index in [0.717, 1.165) is 31.0 Å². The molecule has 1 fully saturated rings. The maximum Gasteiger partial charge on any atom is 0.419 e. The Labute approximate surface area is 133 Å². The number of carboxylic acids is 1. The monoisotopic (exact) mass is 343 g/mol. The number of nitrogens with one attached hydrogen (secondary N) is 1. The summed E-state index contributed by atoms with van der Waals surface area (Å²) in [4.78, 5) is 10.9. The summed E-state index contributed by atoms with van der Waals surface area (Å²) in [5.74, 6) is -1.84. The number of halogens is 3. The van der Waals surface area contributed by atoms with Gasteiger partial charge in [0.2, 0.25) is 5.69 Å². The summed E-state index contributed by atoms with van der Waals surface area (Å²) in [5, 5.41) is 17.8. The lowest BCUT2D eigenvalue weighted by Gasteiger charge is -2.15. The summed E-state index contributed by atoms with van der Waals surface area (Å²) in [6, 6.07) is 2.94. The first kappa shape index (κ1) is 16.1. The van der Waals surface area contributed by atoms with Crippen molar-refractivity contribution in [2.24, 2.45) is 5.92 Å².